The fraction of sp³-hybridized carbons (Fsp3) is 0.300. The maximum Gasteiger partial charge on any atom is 0.221 e. The van der Waals surface area contributed by atoms with E-state index in [0.717, 1.165) is 5.56 Å². The Morgan fingerprint density at radius 3 is 2.71 bits per heavy atom. The second-order valence-corrected chi connectivity index (χ2v) is 3.21. The standard InChI is InChI=1S/C10H13FN2O/c1-6(12)8-3-4-9(11)10(5-8)13-7(2)14/h3-6H,12H2,1-2H3,(H,13,14). The predicted molar refractivity (Wildman–Crippen MR) is 53.3 cm³/mol. The molecule has 1 aromatic carbocycles. The number of anilines is 1. The van der Waals surface area contributed by atoms with Crippen LogP contribution < -0.4 is 11.1 Å². The zero-order chi connectivity index (χ0) is 10.7. The zero-order valence-corrected chi connectivity index (χ0v) is 8.17. The summed E-state index contributed by atoms with van der Waals surface area (Å²) in [6.07, 6.45) is 0. The van der Waals surface area contributed by atoms with Crippen molar-refractivity contribution in [3.05, 3.63) is 29.6 Å². The summed E-state index contributed by atoms with van der Waals surface area (Å²) in [5, 5.41) is 2.40. The molecule has 1 rings (SSSR count). The molecule has 3 nitrogen and oxygen atoms in total. The van der Waals surface area contributed by atoms with E-state index in [1.165, 1.54) is 13.0 Å². The topological polar surface area (TPSA) is 55.1 Å². The first-order chi connectivity index (χ1) is 6.50. The number of hydrogen-bond donors (Lipinski definition) is 2. The number of carbonyl (C=O) groups is 1. The van der Waals surface area contributed by atoms with Gasteiger partial charge in [0.2, 0.25) is 5.91 Å². The van der Waals surface area contributed by atoms with Gasteiger partial charge < -0.3 is 11.1 Å². The van der Waals surface area contributed by atoms with Crippen molar-refractivity contribution >= 4 is 11.6 Å². The highest BCUT2D eigenvalue weighted by Gasteiger charge is 2.06. The Morgan fingerprint density at radius 1 is 1.57 bits per heavy atom. The Bertz CT molecular complexity index is 350. The minimum atomic E-state index is -0.454. The number of carbonyl (C=O) groups excluding carboxylic acids is 1. The van der Waals surface area contributed by atoms with Gasteiger partial charge in [-0.05, 0) is 24.6 Å². The van der Waals surface area contributed by atoms with Crippen LogP contribution in [0.2, 0.25) is 0 Å². The van der Waals surface area contributed by atoms with Crippen LogP contribution in [0.5, 0.6) is 0 Å². The number of amides is 1. The molecule has 0 aliphatic rings. The molecule has 76 valence electrons. The number of hydrogen-bond acceptors (Lipinski definition) is 2. The minimum absolute atomic E-state index is 0.173. The van der Waals surface area contributed by atoms with Crippen molar-refractivity contribution in [2.75, 3.05) is 5.32 Å². The molecule has 0 aliphatic carbocycles. The molecule has 14 heavy (non-hydrogen) atoms. The lowest BCUT2D eigenvalue weighted by Crippen LogP contribution is -2.10. The Balaban J connectivity index is 3.02. The van der Waals surface area contributed by atoms with Gasteiger partial charge in [-0.1, -0.05) is 6.07 Å². The van der Waals surface area contributed by atoms with Crippen molar-refractivity contribution in [1.29, 1.82) is 0 Å². The monoisotopic (exact) mass is 196 g/mol. The molecule has 0 spiro atoms. The second-order valence-electron chi connectivity index (χ2n) is 3.21. The molecular formula is C10H13FN2O. The first kappa shape index (κ1) is 10.7. The summed E-state index contributed by atoms with van der Waals surface area (Å²) in [7, 11) is 0. The minimum Gasteiger partial charge on any atom is -0.324 e. The van der Waals surface area contributed by atoms with E-state index in [1.807, 2.05) is 0 Å². The smallest absolute Gasteiger partial charge is 0.221 e. The zero-order valence-electron chi connectivity index (χ0n) is 8.17. The van der Waals surface area contributed by atoms with E-state index in [1.54, 1.807) is 19.1 Å². The lowest BCUT2D eigenvalue weighted by molar-refractivity contribution is -0.114. The summed E-state index contributed by atoms with van der Waals surface area (Å²) < 4.78 is 13.1. The third-order valence-electron chi connectivity index (χ3n) is 1.83. The van der Waals surface area contributed by atoms with Gasteiger partial charge in [-0.2, -0.15) is 0 Å². The van der Waals surface area contributed by atoms with E-state index in [9.17, 15) is 9.18 Å². The van der Waals surface area contributed by atoms with Gasteiger partial charge in [0.15, 0.2) is 0 Å². The molecule has 0 radical (unpaired) electrons. The fourth-order valence-corrected chi connectivity index (χ4v) is 1.11. The van der Waals surface area contributed by atoms with Crippen LogP contribution in [-0.2, 0) is 4.79 Å². The Labute approximate surface area is 82.1 Å². The first-order valence-electron chi connectivity index (χ1n) is 4.33. The van der Waals surface area contributed by atoms with Crippen LogP contribution in [0.4, 0.5) is 10.1 Å². The molecule has 0 bridgehead atoms. The van der Waals surface area contributed by atoms with Crippen molar-refractivity contribution in [2.24, 2.45) is 5.73 Å². The van der Waals surface area contributed by atoms with Gasteiger partial charge in [0, 0.05) is 13.0 Å². The summed E-state index contributed by atoms with van der Waals surface area (Å²) in [4.78, 5) is 10.7. The molecule has 1 amide bonds. The molecule has 3 N–H and O–H groups in total. The number of halogens is 1. The molecule has 0 aromatic heterocycles. The van der Waals surface area contributed by atoms with Crippen LogP contribution in [0.1, 0.15) is 25.5 Å². The molecule has 0 saturated carbocycles. The van der Waals surface area contributed by atoms with E-state index in [2.05, 4.69) is 5.32 Å². The van der Waals surface area contributed by atoms with Crippen molar-refractivity contribution in [1.82, 2.24) is 0 Å². The van der Waals surface area contributed by atoms with Crippen molar-refractivity contribution in [3.8, 4) is 0 Å². The van der Waals surface area contributed by atoms with E-state index in [0.29, 0.717) is 0 Å². The Morgan fingerprint density at radius 2 is 2.21 bits per heavy atom. The van der Waals surface area contributed by atoms with E-state index >= 15 is 0 Å². The molecule has 1 unspecified atom stereocenters. The quantitative estimate of drug-likeness (QED) is 0.757. The van der Waals surface area contributed by atoms with Crippen LogP contribution in [0, 0.1) is 5.82 Å². The van der Waals surface area contributed by atoms with Crippen LogP contribution in [0.15, 0.2) is 18.2 Å². The highest BCUT2D eigenvalue weighted by molar-refractivity contribution is 5.88. The third-order valence-corrected chi connectivity index (χ3v) is 1.83. The molecule has 1 atom stereocenters. The molecule has 0 saturated heterocycles. The lowest BCUT2D eigenvalue weighted by atomic mass is 10.1. The van der Waals surface area contributed by atoms with Gasteiger partial charge in [0.25, 0.3) is 0 Å². The molecule has 1 aromatic rings. The highest BCUT2D eigenvalue weighted by atomic mass is 19.1. The summed E-state index contributed by atoms with van der Waals surface area (Å²) in [5.74, 6) is -0.754. The van der Waals surface area contributed by atoms with Gasteiger partial charge in [-0.15, -0.1) is 0 Å². The normalized spacial score (nSPS) is 12.3. The molecule has 0 fully saturated rings. The molecular weight excluding hydrogens is 183 g/mol. The van der Waals surface area contributed by atoms with Crippen molar-refractivity contribution < 1.29 is 9.18 Å². The van der Waals surface area contributed by atoms with Gasteiger partial charge >= 0.3 is 0 Å². The number of nitrogens with two attached hydrogens (primary N) is 1. The second kappa shape index (κ2) is 4.19. The van der Waals surface area contributed by atoms with E-state index in [-0.39, 0.29) is 17.6 Å². The van der Waals surface area contributed by atoms with E-state index in [4.69, 9.17) is 5.73 Å². The predicted octanol–water partition coefficient (Wildman–Crippen LogP) is 1.80. The molecule has 0 heterocycles. The average Bonchev–Trinajstić information content (AvgIpc) is 2.07. The summed E-state index contributed by atoms with van der Waals surface area (Å²) in [5.41, 5.74) is 6.59. The number of benzene rings is 1. The van der Waals surface area contributed by atoms with Crippen LogP contribution in [-0.4, -0.2) is 5.91 Å². The number of rotatable bonds is 2. The SMILES string of the molecule is CC(=O)Nc1cc(C(C)N)ccc1F. The molecule has 4 heteroatoms. The van der Waals surface area contributed by atoms with Gasteiger partial charge in [-0.3, -0.25) is 4.79 Å². The Kier molecular flexibility index (Phi) is 3.19. The van der Waals surface area contributed by atoms with Gasteiger partial charge in [-0.25, -0.2) is 4.39 Å². The van der Waals surface area contributed by atoms with Crippen molar-refractivity contribution in [3.63, 3.8) is 0 Å². The van der Waals surface area contributed by atoms with Gasteiger partial charge in [0.05, 0.1) is 5.69 Å². The van der Waals surface area contributed by atoms with Crippen LogP contribution in [0.3, 0.4) is 0 Å². The fourth-order valence-electron chi connectivity index (χ4n) is 1.11. The lowest BCUT2D eigenvalue weighted by Gasteiger charge is -2.09. The third kappa shape index (κ3) is 2.53. The largest absolute Gasteiger partial charge is 0.324 e. The van der Waals surface area contributed by atoms with Crippen LogP contribution >= 0.6 is 0 Å². The average molecular weight is 196 g/mol. The maximum absolute atomic E-state index is 13.1. The summed E-state index contributed by atoms with van der Waals surface area (Å²) in [6, 6.07) is 4.26. The van der Waals surface area contributed by atoms with Gasteiger partial charge in [0.1, 0.15) is 5.82 Å². The van der Waals surface area contributed by atoms with E-state index < -0.39 is 5.82 Å². The highest BCUT2D eigenvalue weighted by Crippen LogP contribution is 2.19. The Hall–Kier alpha value is -1.42. The number of nitrogens with one attached hydrogen (secondary N) is 1. The first-order valence-corrected chi connectivity index (χ1v) is 4.33. The molecule has 0 aliphatic heterocycles. The van der Waals surface area contributed by atoms with Crippen LogP contribution in [0.25, 0.3) is 0 Å². The summed E-state index contributed by atoms with van der Waals surface area (Å²) >= 11 is 0. The summed E-state index contributed by atoms with van der Waals surface area (Å²) in [6.45, 7) is 3.13. The van der Waals surface area contributed by atoms with Crippen molar-refractivity contribution in [2.45, 2.75) is 19.9 Å². The maximum atomic E-state index is 13.1.